The lowest BCUT2D eigenvalue weighted by molar-refractivity contribution is -0.286. The number of nitrogens with one attached hydrogen (secondary N) is 1. The number of rotatable bonds is 8. The zero-order valence-corrected chi connectivity index (χ0v) is 22.3. The molecule has 2 aromatic heterocycles. The maximum Gasteiger partial charge on any atom is 0.586 e. The van der Waals surface area contributed by atoms with Crippen molar-refractivity contribution in [3.05, 3.63) is 77.4 Å². The second kappa shape index (κ2) is 10.5. The van der Waals surface area contributed by atoms with E-state index < -0.39 is 53.2 Å². The van der Waals surface area contributed by atoms with Crippen LogP contribution >= 0.6 is 0 Å². The van der Waals surface area contributed by atoms with E-state index in [0.29, 0.717) is 0 Å². The van der Waals surface area contributed by atoms with Gasteiger partial charge in [0.15, 0.2) is 21.3 Å². The van der Waals surface area contributed by atoms with E-state index in [-0.39, 0.29) is 50.0 Å². The van der Waals surface area contributed by atoms with Gasteiger partial charge in [0.05, 0.1) is 40.0 Å². The monoisotopic (exact) mass is 612 g/mol. The van der Waals surface area contributed by atoms with Crippen LogP contribution in [0.4, 0.5) is 22.0 Å². The SMILES string of the molecule is CCS(=O)(=O)c1ccc([C@@H](CO)NC(=O)c2ccc3c(c2)nc(C(F)(F)F)n3Cc2ccc3c(c2)OC(F)(F)O3)nc1. The number of aliphatic hydroxyl groups excluding tert-OH is 1. The van der Waals surface area contributed by atoms with Gasteiger partial charge in [0.1, 0.15) is 0 Å². The summed E-state index contributed by atoms with van der Waals surface area (Å²) in [5.41, 5.74) is 0.115. The number of aliphatic hydroxyl groups is 1. The van der Waals surface area contributed by atoms with Crippen molar-refractivity contribution in [2.24, 2.45) is 0 Å². The Morgan fingerprint density at radius 1 is 1.10 bits per heavy atom. The number of sulfone groups is 1. The molecule has 5 rings (SSSR count). The maximum atomic E-state index is 13.9. The number of amides is 1. The van der Waals surface area contributed by atoms with Gasteiger partial charge in [-0.2, -0.15) is 13.2 Å². The van der Waals surface area contributed by atoms with E-state index in [0.717, 1.165) is 29.0 Å². The molecule has 0 spiro atoms. The van der Waals surface area contributed by atoms with Gasteiger partial charge >= 0.3 is 12.5 Å². The predicted octanol–water partition coefficient (Wildman–Crippen LogP) is 4.08. The molecule has 1 atom stereocenters. The van der Waals surface area contributed by atoms with E-state index in [9.17, 15) is 40.3 Å². The summed E-state index contributed by atoms with van der Waals surface area (Å²) >= 11 is 0. The van der Waals surface area contributed by atoms with E-state index in [1.165, 1.54) is 37.3 Å². The van der Waals surface area contributed by atoms with Gasteiger partial charge in [-0.25, -0.2) is 13.4 Å². The Kier molecular flexibility index (Phi) is 7.30. The lowest BCUT2D eigenvalue weighted by atomic mass is 10.1. The standard InChI is InChI=1S/C26H21F5N4O6S/c1-2-42(38,39)16-5-6-17(32-11-16)19(13-36)33-23(37)15-4-7-20-18(10-15)34-24(25(27,28)29)35(20)12-14-3-8-21-22(9-14)41-26(30,31)40-21/h3-11,19,36H,2,12-13H2,1H3,(H,33,37)/t19-/m1/s1. The molecular formula is C26H21F5N4O6S. The third-order valence-electron chi connectivity index (χ3n) is 6.41. The Morgan fingerprint density at radius 3 is 2.48 bits per heavy atom. The minimum absolute atomic E-state index is 0.00923. The summed E-state index contributed by atoms with van der Waals surface area (Å²) in [7, 11) is -3.52. The van der Waals surface area contributed by atoms with Crippen LogP contribution in [0, 0.1) is 0 Å². The van der Waals surface area contributed by atoms with Crippen molar-refractivity contribution < 1.29 is 49.7 Å². The van der Waals surface area contributed by atoms with Crippen molar-refractivity contribution in [3.63, 3.8) is 0 Å². The number of aromatic nitrogens is 3. The molecule has 0 saturated heterocycles. The minimum Gasteiger partial charge on any atom is -0.395 e. The van der Waals surface area contributed by atoms with Crippen LogP contribution < -0.4 is 14.8 Å². The number of ether oxygens (including phenoxy) is 2. The summed E-state index contributed by atoms with van der Waals surface area (Å²) in [6.45, 7) is 0.453. The summed E-state index contributed by atoms with van der Waals surface area (Å²) in [5, 5.41) is 12.3. The average Bonchev–Trinajstić information content (AvgIpc) is 3.46. The van der Waals surface area contributed by atoms with Gasteiger partial charge in [-0.1, -0.05) is 13.0 Å². The second-order valence-corrected chi connectivity index (χ2v) is 11.5. The Bertz CT molecular complexity index is 1770. The van der Waals surface area contributed by atoms with Gasteiger partial charge in [0.2, 0.25) is 5.82 Å². The number of hydrogen-bond donors (Lipinski definition) is 2. The van der Waals surface area contributed by atoms with Crippen molar-refractivity contribution in [3.8, 4) is 11.5 Å². The number of halogens is 5. The van der Waals surface area contributed by atoms with Crippen LogP contribution in [0.5, 0.6) is 11.5 Å². The van der Waals surface area contributed by atoms with Crippen molar-refractivity contribution in [1.29, 1.82) is 0 Å². The van der Waals surface area contributed by atoms with E-state index >= 15 is 0 Å². The van der Waals surface area contributed by atoms with Gasteiger partial charge in [0.25, 0.3) is 5.91 Å². The van der Waals surface area contributed by atoms with Crippen LogP contribution in [0.15, 0.2) is 59.6 Å². The molecule has 2 N–H and O–H groups in total. The van der Waals surface area contributed by atoms with Crippen LogP contribution in [0.2, 0.25) is 0 Å². The zero-order valence-electron chi connectivity index (χ0n) is 21.5. The second-order valence-electron chi connectivity index (χ2n) is 9.20. The first-order valence-electron chi connectivity index (χ1n) is 12.3. The molecule has 0 unspecified atom stereocenters. The summed E-state index contributed by atoms with van der Waals surface area (Å²) in [4.78, 5) is 20.6. The number of benzene rings is 2. The van der Waals surface area contributed by atoms with Gasteiger partial charge in [-0.15, -0.1) is 8.78 Å². The molecule has 42 heavy (non-hydrogen) atoms. The number of fused-ring (bicyclic) bond motifs is 2. The summed E-state index contributed by atoms with van der Waals surface area (Å²) < 4.78 is 102. The lowest BCUT2D eigenvalue weighted by Crippen LogP contribution is -2.31. The highest BCUT2D eigenvalue weighted by Gasteiger charge is 2.43. The fraction of sp³-hybridized carbons (Fsp3) is 0.269. The van der Waals surface area contributed by atoms with Gasteiger partial charge < -0.3 is 24.5 Å². The third kappa shape index (κ3) is 5.72. The summed E-state index contributed by atoms with van der Waals surface area (Å²) in [6, 6.07) is 8.83. The first kappa shape index (κ1) is 29.2. The topological polar surface area (TPSA) is 133 Å². The molecule has 1 aliphatic heterocycles. The molecule has 222 valence electrons. The Hall–Kier alpha value is -4.31. The number of carbonyl (C=O) groups excluding carboxylic acids is 1. The highest BCUT2D eigenvalue weighted by molar-refractivity contribution is 7.91. The van der Waals surface area contributed by atoms with Crippen LogP contribution in [0.3, 0.4) is 0 Å². The van der Waals surface area contributed by atoms with Crippen molar-refractivity contribution in [2.75, 3.05) is 12.4 Å². The predicted molar refractivity (Wildman–Crippen MR) is 136 cm³/mol. The normalized spacial score (nSPS) is 15.1. The summed E-state index contributed by atoms with van der Waals surface area (Å²) in [6.07, 6.45) is -7.68. The third-order valence-corrected chi connectivity index (χ3v) is 8.13. The molecule has 4 aromatic rings. The number of pyridine rings is 1. The van der Waals surface area contributed by atoms with E-state index in [4.69, 9.17) is 0 Å². The highest BCUT2D eigenvalue weighted by atomic mass is 32.2. The molecule has 0 fully saturated rings. The molecular weight excluding hydrogens is 591 g/mol. The van der Waals surface area contributed by atoms with Gasteiger partial charge in [-0.3, -0.25) is 9.78 Å². The number of hydrogen-bond acceptors (Lipinski definition) is 8. The first-order valence-corrected chi connectivity index (χ1v) is 13.9. The first-order chi connectivity index (χ1) is 19.7. The van der Waals surface area contributed by atoms with E-state index in [1.807, 2.05) is 0 Å². The van der Waals surface area contributed by atoms with Crippen LogP contribution in [0.1, 0.15) is 40.4 Å². The average molecular weight is 613 g/mol. The number of imidazole rings is 1. The van der Waals surface area contributed by atoms with Crippen molar-refractivity contribution in [2.45, 2.75) is 36.9 Å². The number of carbonyl (C=O) groups is 1. The Balaban J connectivity index is 1.41. The van der Waals surface area contributed by atoms with Gasteiger partial charge in [0, 0.05) is 18.3 Å². The van der Waals surface area contributed by atoms with Crippen LogP contribution in [-0.4, -0.2) is 52.6 Å². The molecule has 16 heteroatoms. The van der Waals surface area contributed by atoms with Crippen LogP contribution in [0.25, 0.3) is 11.0 Å². The zero-order chi connectivity index (χ0) is 30.4. The number of alkyl halides is 5. The summed E-state index contributed by atoms with van der Waals surface area (Å²) in [5.74, 6) is -2.77. The molecule has 0 radical (unpaired) electrons. The molecule has 0 bridgehead atoms. The number of nitrogens with zero attached hydrogens (tertiary/aromatic N) is 3. The molecule has 1 amide bonds. The molecule has 0 aliphatic carbocycles. The van der Waals surface area contributed by atoms with Crippen molar-refractivity contribution >= 4 is 26.8 Å². The quantitative estimate of drug-likeness (QED) is 0.285. The Labute approximate surface area is 234 Å². The molecule has 2 aromatic carbocycles. The fourth-order valence-corrected chi connectivity index (χ4v) is 5.15. The minimum atomic E-state index is -4.89. The van der Waals surface area contributed by atoms with Gasteiger partial charge in [-0.05, 0) is 48.0 Å². The fourth-order valence-electron chi connectivity index (χ4n) is 4.33. The maximum absolute atomic E-state index is 13.9. The van der Waals surface area contributed by atoms with E-state index in [1.54, 1.807) is 0 Å². The molecule has 10 nitrogen and oxygen atoms in total. The van der Waals surface area contributed by atoms with E-state index in [2.05, 4.69) is 24.8 Å². The highest BCUT2D eigenvalue weighted by Crippen LogP contribution is 2.42. The Morgan fingerprint density at radius 2 is 1.83 bits per heavy atom. The van der Waals surface area contributed by atoms with Crippen LogP contribution in [-0.2, 0) is 22.6 Å². The molecule has 3 heterocycles. The lowest BCUT2D eigenvalue weighted by Gasteiger charge is -2.16. The molecule has 0 saturated carbocycles. The van der Waals surface area contributed by atoms with Crippen molar-refractivity contribution in [1.82, 2.24) is 19.9 Å². The smallest absolute Gasteiger partial charge is 0.395 e. The largest absolute Gasteiger partial charge is 0.586 e. The molecule has 1 aliphatic rings.